The third-order valence-electron chi connectivity index (χ3n) is 2.68. The molecule has 0 atom stereocenters. The van der Waals surface area contributed by atoms with Crippen LogP contribution in [-0.2, 0) is 0 Å². The zero-order valence-electron chi connectivity index (χ0n) is 10.5. The molecule has 3 N–H and O–H groups in total. The number of rotatable bonds is 3. The number of hydrogen-bond donors (Lipinski definition) is 2. The summed E-state index contributed by atoms with van der Waals surface area (Å²) in [6.07, 6.45) is 0. The number of benzene rings is 2. The predicted molar refractivity (Wildman–Crippen MR) is 74.1 cm³/mol. The topological polar surface area (TPSA) is 96.0 Å². The Morgan fingerprint density at radius 2 is 1.75 bits per heavy atom. The number of primary amides is 1. The summed E-state index contributed by atoms with van der Waals surface area (Å²) in [5.74, 6) is -0.879. The van der Waals surface area contributed by atoms with Crippen molar-refractivity contribution in [3.63, 3.8) is 0 Å². The van der Waals surface area contributed by atoms with E-state index in [1.54, 1.807) is 42.5 Å². The van der Waals surface area contributed by atoms with Crippen LogP contribution in [0.5, 0.6) is 0 Å². The molecule has 0 aliphatic heterocycles. The van der Waals surface area contributed by atoms with Gasteiger partial charge in [-0.1, -0.05) is 6.07 Å². The molecule has 98 valence electrons. The van der Waals surface area contributed by atoms with Crippen LogP contribution in [0.25, 0.3) is 0 Å². The minimum atomic E-state index is -0.556. The first-order chi connectivity index (χ1) is 9.60. The highest BCUT2D eigenvalue weighted by atomic mass is 16.2. The number of amides is 2. The molecule has 0 unspecified atom stereocenters. The van der Waals surface area contributed by atoms with E-state index in [0.717, 1.165) is 0 Å². The minimum absolute atomic E-state index is 0.322. The van der Waals surface area contributed by atoms with Crippen molar-refractivity contribution in [1.82, 2.24) is 0 Å². The fourth-order valence-corrected chi connectivity index (χ4v) is 1.65. The molecule has 2 aromatic rings. The van der Waals surface area contributed by atoms with Crippen LogP contribution in [0.4, 0.5) is 5.69 Å². The SMILES string of the molecule is N#Cc1ccc(C(=O)Nc2cccc(C(N)=O)c2)cc1. The largest absolute Gasteiger partial charge is 0.366 e. The Morgan fingerprint density at radius 3 is 2.35 bits per heavy atom. The number of carbonyl (C=O) groups is 2. The average molecular weight is 265 g/mol. The van der Waals surface area contributed by atoms with Crippen LogP contribution in [0.2, 0.25) is 0 Å². The van der Waals surface area contributed by atoms with Crippen molar-refractivity contribution in [2.24, 2.45) is 5.73 Å². The Balaban J connectivity index is 2.17. The lowest BCUT2D eigenvalue weighted by molar-refractivity contribution is 0.0996. The van der Waals surface area contributed by atoms with Crippen LogP contribution < -0.4 is 11.1 Å². The molecule has 0 bridgehead atoms. The number of anilines is 1. The zero-order valence-corrected chi connectivity index (χ0v) is 10.5. The van der Waals surface area contributed by atoms with Crippen LogP contribution in [0.3, 0.4) is 0 Å². The smallest absolute Gasteiger partial charge is 0.255 e. The fourth-order valence-electron chi connectivity index (χ4n) is 1.65. The third kappa shape index (κ3) is 3.00. The summed E-state index contributed by atoms with van der Waals surface area (Å²) in [5.41, 5.74) is 6.89. The van der Waals surface area contributed by atoms with Gasteiger partial charge in [-0.3, -0.25) is 9.59 Å². The van der Waals surface area contributed by atoms with Gasteiger partial charge in [0.2, 0.25) is 5.91 Å². The first-order valence-electron chi connectivity index (χ1n) is 5.81. The molecule has 2 rings (SSSR count). The van der Waals surface area contributed by atoms with Crippen molar-refractivity contribution in [3.05, 3.63) is 65.2 Å². The monoisotopic (exact) mass is 265 g/mol. The summed E-state index contributed by atoms with van der Waals surface area (Å²) in [5, 5.41) is 11.4. The molecule has 5 nitrogen and oxygen atoms in total. The van der Waals surface area contributed by atoms with Crippen molar-refractivity contribution < 1.29 is 9.59 Å². The highest BCUT2D eigenvalue weighted by Gasteiger charge is 2.07. The van der Waals surface area contributed by atoms with E-state index in [1.165, 1.54) is 6.07 Å². The lowest BCUT2D eigenvalue weighted by Crippen LogP contribution is -2.14. The number of nitrogens with zero attached hydrogens (tertiary/aromatic N) is 1. The van der Waals surface area contributed by atoms with E-state index >= 15 is 0 Å². The highest BCUT2D eigenvalue weighted by molar-refractivity contribution is 6.05. The van der Waals surface area contributed by atoms with Gasteiger partial charge in [-0.25, -0.2) is 0 Å². The summed E-state index contributed by atoms with van der Waals surface area (Å²) < 4.78 is 0. The Bertz CT molecular complexity index is 700. The van der Waals surface area contributed by atoms with Gasteiger partial charge in [-0.2, -0.15) is 5.26 Å². The first-order valence-corrected chi connectivity index (χ1v) is 5.81. The van der Waals surface area contributed by atoms with Crippen LogP contribution in [0.1, 0.15) is 26.3 Å². The molecule has 0 fully saturated rings. The highest BCUT2D eigenvalue weighted by Crippen LogP contribution is 2.12. The molecule has 20 heavy (non-hydrogen) atoms. The molecule has 0 aliphatic rings. The van der Waals surface area contributed by atoms with Gasteiger partial charge in [-0.15, -0.1) is 0 Å². The third-order valence-corrected chi connectivity index (χ3v) is 2.68. The normalized spacial score (nSPS) is 9.55. The Labute approximate surface area is 115 Å². The van der Waals surface area contributed by atoms with Crippen LogP contribution >= 0.6 is 0 Å². The molecule has 0 aliphatic carbocycles. The second-order valence-corrected chi connectivity index (χ2v) is 4.09. The summed E-state index contributed by atoms with van der Waals surface area (Å²) >= 11 is 0. The minimum Gasteiger partial charge on any atom is -0.366 e. The summed E-state index contributed by atoms with van der Waals surface area (Å²) in [6, 6.07) is 14.6. The van der Waals surface area contributed by atoms with E-state index in [4.69, 9.17) is 11.0 Å². The van der Waals surface area contributed by atoms with Gasteiger partial charge in [0, 0.05) is 16.8 Å². The Hall–Kier alpha value is -3.13. The first kappa shape index (κ1) is 13.3. The molecule has 5 heteroatoms. The van der Waals surface area contributed by atoms with E-state index in [-0.39, 0.29) is 5.91 Å². The predicted octanol–water partition coefficient (Wildman–Crippen LogP) is 1.91. The maximum atomic E-state index is 12.0. The molecule has 0 aromatic heterocycles. The van der Waals surface area contributed by atoms with E-state index in [2.05, 4.69) is 5.32 Å². The zero-order chi connectivity index (χ0) is 14.5. The molecule has 0 radical (unpaired) electrons. The van der Waals surface area contributed by atoms with Gasteiger partial charge >= 0.3 is 0 Å². The van der Waals surface area contributed by atoms with Crippen LogP contribution in [-0.4, -0.2) is 11.8 Å². The standard InChI is InChI=1S/C15H11N3O2/c16-9-10-4-6-11(7-5-10)15(20)18-13-3-1-2-12(8-13)14(17)19/h1-8H,(H2,17,19)(H,18,20). The Kier molecular flexibility index (Phi) is 3.77. The summed E-state index contributed by atoms with van der Waals surface area (Å²) in [7, 11) is 0. The van der Waals surface area contributed by atoms with Crippen molar-refractivity contribution in [2.75, 3.05) is 5.32 Å². The quantitative estimate of drug-likeness (QED) is 0.887. The van der Waals surface area contributed by atoms with Gasteiger partial charge in [0.1, 0.15) is 0 Å². The lowest BCUT2D eigenvalue weighted by atomic mass is 10.1. The number of nitriles is 1. The second-order valence-electron chi connectivity index (χ2n) is 4.09. The maximum absolute atomic E-state index is 12.0. The summed E-state index contributed by atoms with van der Waals surface area (Å²) in [4.78, 5) is 23.0. The van der Waals surface area contributed by atoms with Crippen molar-refractivity contribution in [1.29, 1.82) is 5.26 Å². The number of carbonyl (C=O) groups excluding carboxylic acids is 2. The van der Waals surface area contributed by atoms with Gasteiger partial charge in [0.05, 0.1) is 11.6 Å². The molecular formula is C15H11N3O2. The van der Waals surface area contributed by atoms with Gasteiger partial charge in [-0.05, 0) is 42.5 Å². The van der Waals surface area contributed by atoms with Crippen molar-refractivity contribution in [3.8, 4) is 6.07 Å². The molecule has 0 spiro atoms. The molecule has 0 heterocycles. The van der Waals surface area contributed by atoms with Crippen molar-refractivity contribution >= 4 is 17.5 Å². The van der Waals surface area contributed by atoms with Crippen molar-refractivity contribution in [2.45, 2.75) is 0 Å². The fraction of sp³-hybridized carbons (Fsp3) is 0. The molecule has 0 saturated heterocycles. The molecular weight excluding hydrogens is 254 g/mol. The molecule has 2 amide bonds. The molecule has 0 saturated carbocycles. The molecule has 2 aromatic carbocycles. The van der Waals surface area contributed by atoms with E-state index in [1.807, 2.05) is 6.07 Å². The number of nitrogens with one attached hydrogen (secondary N) is 1. The number of hydrogen-bond acceptors (Lipinski definition) is 3. The van der Waals surface area contributed by atoms with E-state index in [9.17, 15) is 9.59 Å². The van der Waals surface area contributed by atoms with Gasteiger partial charge in [0.25, 0.3) is 5.91 Å². The van der Waals surface area contributed by atoms with Gasteiger partial charge in [0.15, 0.2) is 0 Å². The number of nitrogens with two attached hydrogens (primary N) is 1. The van der Waals surface area contributed by atoms with Crippen LogP contribution in [0.15, 0.2) is 48.5 Å². The lowest BCUT2D eigenvalue weighted by Gasteiger charge is -2.06. The van der Waals surface area contributed by atoms with E-state index in [0.29, 0.717) is 22.4 Å². The van der Waals surface area contributed by atoms with Gasteiger partial charge < -0.3 is 11.1 Å². The van der Waals surface area contributed by atoms with E-state index < -0.39 is 5.91 Å². The Morgan fingerprint density at radius 1 is 1.05 bits per heavy atom. The maximum Gasteiger partial charge on any atom is 0.255 e. The average Bonchev–Trinajstić information content (AvgIpc) is 2.47. The van der Waals surface area contributed by atoms with Crippen LogP contribution in [0, 0.1) is 11.3 Å². The second kappa shape index (κ2) is 5.67. The summed E-state index contributed by atoms with van der Waals surface area (Å²) in [6.45, 7) is 0.